The molecule has 3 aromatic rings. The molecule has 0 bridgehead atoms. The molecular formula is C21H24ClN3O2S. The van der Waals surface area contributed by atoms with Crippen LogP contribution >= 0.6 is 23.4 Å². The molecule has 0 aliphatic carbocycles. The Bertz CT molecular complexity index is 922. The summed E-state index contributed by atoms with van der Waals surface area (Å²) < 4.78 is 13.7. The van der Waals surface area contributed by atoms with Crippen LogP contribution in [0.3, 0.4) is 0 Å². The molecule has 0 radical (unpaired) electrons. The minimum atomic E-state index is 0.310. The lowest BCUT2D eigenvalue weighted by Crippen LogP contribution is -2.38. The number of hydrogen-bond donors (Lipinski definition) is 0. The normalized spacial score (nSPS) is 17.9. The summed E-state index contributed by atoms with van der Waals surface area (Å²) in [6, 6.07) is 9.96. The van der Waals surface area contributed by atoms with E-state index in [0.717, 1.165) is 64.4 Å². The first-order chi connectivity index (χ1) is 13.6. The van der Waals surface area contributed by atoms with Crippen LogP contribution in [0.5, 0.6) is 0 Å². The predicted octanol–water partition coefficient (Wildman–Crippen LogP) is 5.10. The third-order valence-corrected chi connectivity index (χ3v) is 6.21. The number of aryl methyl sites for hydroxylation is 1. The Kier molecular flexibility index (Phi) is 6.11. The minimum absolute atomic E-state index is 0.310. The summed E-state index contributed by atoms with van der Waals surface area (Å²) in [5.74, 6) is 0.965. The SMILES string of the molecule is COC1CCCN(Cc2cc(-c3cnn(C)c3)c(Sc3ccc(Cl)cc3)o2)C1. The van der Waals surface area contributed by atoms with Gasteiger partial charge in [-0.1, -0.05) is 23.4 Å². The maximum absolute atomic E-state index is 6.29. The van der Waals surface area contributed by atoms with E-state index in [4.69, 9.17) is 20.8 Å². The number of likely N-dealkylation sites (tertiary alicyclic amines) is 1. The van der Waals surface area contributed by atoms with Gasteiger partial charge < -0.3 is 9.15 Å². The van der Waals surface area contributed by atoms with Crippen molar-refractivity contribution < 1.29 is 9.15 Å². The summed E-state index contributed by atoms with van der Waals surface area (Å²) in [5, 5.41) is 5.93. The Balaban J connectivity index is 1.59. The van der Waals surface area contributed by atoms with Crippen LogP contribution in [0, 0.1) is 0 Å². The number of hydrogen-bond acceptors (Lipinski definition) is 5. The van der Waals surface area contributed by atoms with Crippen LogP contribution in [0.4, 0.5) is 0 Å². The number of piperidine rings is 1. The minimum Gasteiger partial charge on any atom is -0.452 e. The lowest BCUT2D eigenvalue weighted by molar-refractivity contribution is 0.0260. The van der Waals surface area contributed by atoms with Crippen molar-refractivity contribution in [2.75, 3.05) is 20.2 Å². The summed E-state index contributed by atoms with van der Waals surface area (Å²) in [7, 11) is 3.72. The monoisotopic (exact) mass is 417 g/mol. The zero-order chi connectivity index (χ0) is 19.5. The second-order valence-electron chi connectivity index (χ2n) is 7.11. The molecule has 0 spiro atoms. The third kappa shape index (κ3) is 4.63. The van der Waals surface area contributed by atoms with Gasteiger partial charge >= 0.3 is 0 Å². The van der Waals surface area contributed by atoms with Crippen LogP contribution in [0.25, 0.3) is 11.1 Å². The van der Waals surface area contributed by atoms with Crippen molar-refractivity contribution in [3.05, 3.63) is 53.5 Å². The molecule has 4 rings (SSSR count). The van der Waals surface area contributed by atoms with E-state index >= 15 is 0 Å². The molecule has 1 aliphatic heterocycles. The lowest BCUT2D eigenvalue weighted by Gasteiger charge is -2.31. The second kappa shape index (κ2) is 8.74. The van der Waals surface area contributed by atoms with E-state index in [1.54, 1.807) is 18.9 Å². The molecule has 1 aliphatic rings. The van der Waals surface area contributed by atoms with E-state index in [2.05, 4.69) is 16.1 Å². The molecule has 1 aromatic carbocycles. The Hall–Kier alpha value is -1.73. The third-order valence-electron chi connectivity index (χ3n) is 4.96. The fraction of sp³-hybridized carbons (Fsp3) is 0.381. The lowest BCUT2D eigenvalue weighted by atomic mass is 10.1. The zero-order valence-electron chi connectivity index (χ0n) is 16.1. The molecule has 5 nitrogen and oxygen atoms in total. The molecule has 0 N–H and O–H groups in total. The zero-order valence-corrected chi connectivity index (χ0v) is 17.7. The van der Waals surface area contributed by atoms with Gasteiger partial charge in [0.1, 0.15) is 5.76 Å². The fourth-order valence-electron chi connectivity index (χ4n) is 3.52. The van der Waals surface area contributed by atoms with E-state index in [-0.39, 0.29) is 0 Å². The van der Waals surface area contributed by atoms with E-state index in [0.29, 0.717) is 6.10 Å². The van der Waals surface area contributed by atoms with E-state index < -0.39 is 0 Å². The number of halogens is 1. The molecule has 7 heteroatoms. The Labute approximate surface area is 174 Å². The summed E-state index contributed by atoms with van der Waals surface area (Å²) >= 11 is 7.63. The number of ether oxygens (including phenoxy) is 1. The van der Waals surface area contributed by atoms with Gasteiger partial charge in [0.05, 0.1) is 18.8 Å². The topological polar surface area (TPSA) is 43.4 Å². The van der Waals surface area contributed by atoms with Crippen LogP contribution in [-0.4, -0.2) is 41.0 Å². The van der Waals surface area contributed by atoms with Gasteiger partial charge in [0.25, 0.3) is 0 Å². The van der Waals surface area contributed by atoms with Crippen LogP contribution < -0.4 is 0 Å². The number of nitrogens with zero attached hydrogens (tertiary/aromatic N) is 3. The van der Waals surface area contributed by atoms with E-state index in [9.17, 15) is 0 Å². The molecule has 148 valence electrons. The van der Waals surface area contributed by atoms with E-state index in [1.165, 1.54) is 0 Å². The quantitative estimate of drug-likeness (QED) is 0.558. The van der Waals surface area contributed by atoms with Crippen molar-refractivity contribution in [2.45, 2.75) is 35.5 Å². The summed E-state index contributed by atoms with van der Waals surface area (Å²) in [6.07, 6.45) is 6.49. The van der Waals surface area contributed by atoms with Gasteiger partial charge in [0.2, 0.25) is 0 Å². The highest BCUT2D eigenvalue weighted by Gasteiger charge is 2.22. The molecule has 28 heavy (non-hydrogen) atoms. The highest BCUT2D eigenvalue weighted by molar-refractivity contribution is 7.99. The molecule has 0 saturated carbocycles. The maximum Gasteiger partial charge on any atom is 0.173 e. The Morgan fingerprint density at radius 2 is 2.14 bits per heavy atom. The first kappa shape index (κ1) is 19.6. The van der Waals surface area contributed by atoms with Gasteiger partial charge in [-0.2, -0.15) is 5.10 Å². The second-order valence-corrected chi connectivity index (χ2v) is 8.59. The number of aromatic nitrogens is 2. The first-order valence-electron chi connectivity index (χ1n) is 9.41. The van der Waals surface area contributed by atoms with Crippen LogP contribution in [0.15, 0.2) is 57.1 Å². The van der Waals surface area contributed by atoms with Gasteiger partial charge in [-0.3, -0.25) is 9.58 Å². The summed E-state index contributed by atoms with van der Waals surface area (Å²) in [4.78, 5) is 3.49. The van der Waals surface area contributed by atoms with Gasteiger partial charge in [0.15, 0.2) is 5.09 Å². The maximum atomic E-state index is 6.29. The molecule has 1 fully saturated rings. The summed E-state index contributed by atoms with van der Waals surface area (Å²) in [5.41, 5.74) is 2.13. The molecular weight excluding hydrogens is 394 g/mol. The van der Waals surface area contributed by atoms with Crippen LogP contribution in [0.2, 0.25) is 5.02 Å². The first-order valence-corrected chi connectivity index (χ1v) is 10.6. The van der Waals surface area contributed by atoms with Crippen molar-refractivity contribution in [3.8, 4) is 11.1 Å². The van der Waals surface area contributed by atoms with Crippen molar-refractivity contribution >= 4 is 23.4 Å². The standard InChI is InChI=1S/C21H24ClN3O2S/c1-24-12-15(11-23-24)20-10-18(14-25-9-3-4-17(13-25)26-2)27-21(20)28-19-7-5-16(22)6-8-19/h5-8,10-12,17H,3-4,9,13-14H2,1-2H3. The number of methoxy groups -OCH3 is 1. The molecule has 0 amide bonds. The smallest absolute Gasteiger partial charge is 0.173 e. The number of rotatable bonds is 6. The highest BCUT2D eigenvalue weighted by Crippen LogP contribution is 2.39. The highest BCUT2D eigenvalue weighted by atomic mass is 35.5. The van der Waals surface area contributed by atoms with Crippen molar-refractivity contribution in [3.63, 3.8) is 0 Å². The molecule has 2 aromatic heterocycles. The molecule has 1 saturated heterocycles. The average Bonchev–Trinajstić information content (AvgIpc) is 3.29. The predicted molar refractivity (Wildman–Crippen MR) is 112 cm³/mol. The van der Waals surface area contributed by atoms with Gasteiger partial charge in [-0.15, -0.1) is 0 Å². The van der Waals surface area contributed by atoms with Crippen molar-refractivity contribution in [1.82, 2.24) is 14.7 Å². The Morgan fingerprint density at radius 1 is 1.32 bits per heavy atom. The van der Waals surface area contributed by atoms with E-state index in [1.807, 2.05) is 48.4 Å². The number of benzene rings is 1. The van der Waals surface area contributed by atoms with Crippen LogP contribution in [-0.2, 0) is 18.3 Å². The van der Waals surface area contributed by atoms with Gasteiger partial charge in [-0.25, -0.2) is 0 Å². The van der Waals surface area contributed by atoms with Gasteiger partial charge in [-0.05, 0) is 49.7 Å². The summed E-state index contributed by atoms with van der Waals surface area (Å²) in [6.45, 7) is 2.80. The molecule has 1 unspecified atom stereocenters. The van der Waals surface area contributed by atoms with Crippen molar-refractivity contribution in [2.24, 2.45) is 7.05 Å². The molecule has 3 heterocycles. The Morgan fingerprint density at radius 3 is 2.86 bits per heavy atom. The van der Waals surface area contributed by atoms with Crippen LogP contribution in [0.1, 0.15) is 18.6 Å². The molecule has 1 atom stereocenters. The average molecular weight is 418 g/mol. The van der Waals surface area contributed by atoms with Gasteiger partial charge in [0, 0.05) is 47.9 Å². The largest absolute Gasteiger partial charge is 0.452 e. The number of furan rings is 1. The van der Waals surface area contributed by atoms with Crippen molar-refractivity contribution in [1.29, 1.82) is 0 Å². The fourth-order valence-corrected chi connectivity index (χ4v) is 4.57.